The van der Waals surface area contributed by atoms with Crippen molar-refractivity contribution in [2.24, 2.45) is 0 Å². The lowest BCUT2D eigenvalue weighted by atomic mass is 9.89. The van der Waals surface area contributed by atoms with Crippen molar-refractivity contribution in [3.05, 3.63) is 112 Å². The van der Waals surface area contributed by atoms with Gasteiger partial charge in [0, 0.05) is 35.8 Å². The van der Waals surface area contributed by atoms with Crippen LogP contribution < -0.4 is 4.90 Å². The predicted molar refractivity (Wildman–Crippen MR) is 117 cm³/mol. The molecule has 1 aliphatic heterocycles. The number of hydrogen-bond acceptors (Lipinski definition) is 6. The van der Waals surface area contributed by atoms with Crippen molar-refractivity contribution < 1.29 is 9.72 Å². The molecule has 3 aromatic rings. The first-order chi connectivity index (χ1) is 15.1. The van der Waals surface area contributed by atoms with Gasteiger partial charge < -0.3 is 9.69 Å². The van der Waals surface area contributed by atoms with Gasteiger partial charge in [-0.25, -0.2) is 0 Å². The van der Waals surface area contributed by atoms with E-state index in [4.69, 9.17) is 0 Å². The Balaban J connectivity index is 1.89. The Morgan fingerprint density at radius 2 is 1.81 bits per heavy atom. The zero-order valence-corrected chi connectivity index (χ0v) is 16.3. The SMILES string of the molecule is N#Cc1ccccc1C1=CC(c2ccccn2)=CN(c2ccc([N+](=O)[O-])cc2)C1C=O. The van der Waals surface area contributed by atoms with E-state index >= 15 is 0 Å². The van der Waals surface area contributed by atoms with Crippen LogP contribution in [0.25, 0.3) is 11.1 Å². The number of non-ortho nitro benzene ring substituents is 1. The van der Waals surface area contributed by atoms with E-state index in [1.54, 1.807) is 47.6 Å². The minimum absolute atomic E-state index is 0.0390. The number of carbonyl (C=O) groups is 1. The summed E-state index contributed by atoms with van der Waals surface area (Å²) in [6.45, 7) is 0. The van der Waals surface area contributed by atoms with Gasteiger partial charge in [0.1, 0.15) is 12.3 Å². The summed E-state index contributed by atoms with van der Waals surface area (Å²) in [6, 6.07) is 20.1. The van der Waals surface area contributed by atoms with Crippen molar-refractivity contribution in [3.63, 3.8) is 0 Å². The number of benzene rings is 2. The van der Waals surface area contributed by atoms with Gasteiger partial charge in [-0.15, -0.1) is 0 Å². The Labute approximate surface area is 178 Å². The number of rotatable bonds is 5. The molecule has 0 N–H and O–H groups in total. The maximum absolute atomic E-state index is 12.2. The Kier molecular flexibility index (Phi) is 5.37. The van der Waals surface area contributed by atoms with Gasteiger partial charge in [-0.2, -0.15) is 5.26 Å². The molecular formula is C24H16N4O3. The summed E-state index contributed by atoms with van der Waals surface area (Å²) < 4.78 is 0. The lowest BCUT2D eigenvalue weighted by molar-refractivity contribution is -0.384. The van der Waals surface area contributed by atoms with Gasteiger partial charge in [-0.1, -0.05) is 24.3 Å². The number of nitrogens with zero attached hydrogens (tertiary/aromatic N) is 4. The van der Waals surface area contributed by atoms with E-state index in [-0.39, 0.29) is 5.69 Å². The number of allylic oxidation sites excluding steroid dienone is 2. The molecule has 31 heavy (non-hydrogen) atoms. The summed E-state index contributed by atoms with van der Waals surface area (Å²) in [7, 11) is 0. The first kappa shape index (κ1) is 19.7. The maximum Gasteiger partial charge on any atom is 0.269 e. The number of anilines is 1. The van der Waals surface area contributed by atoms with Gasteiger partial charge in [0.15, 0.2) is 0 Å². The van der Waals surface area contributed by atoms with Gasteiger partial charge in [-0.3, -0.25) is 15.1 Å². The fourth-order valence-electron chi connectivity index (χ4n) is 3.53. The highest BCUT2D eigenvalue weighted by molar-refractivity contribution is 5.99. The number of carbonyl (C=O) groups excluding carboxylic acids is 1. The van der Waals surface area contributed by atoms with Crippen LogP contribution in [0.5, 0.6) is 0 Å². The summed E-state index contributed by atoms with van der Waals surface area (Å²) in [6.07, 6.45) is 6.13. The molecule has 0 saturated heterocycles. The van der Waals surface area contributed by atoms with Gasteiger partial charge >= 0.3 is 0 Å². The molecule has 1 atom stereocenters. The summed E-state index contributed by atoms with van der Waals surface area (Å²) >= 11 is 0. The van der Waals surface area contributed by atoms with Crippen LogP contribution in [0.2, 0.25) is 0 Å². The van der Waals surface area contributed by atoms with Crippen molar-refractivity contribution in [2.45, 2.75) is 6.04 Å². The van der Waals surface area contributed by atoms with Crippen molar-refractivity contribution in [3.8, 4) is 6.07 Å². The zero-order valence-electron chi connectivity index (χ0n) is 16.3. The van der Waals surface area contributed by atoms with Crippen molar-refractivity contribution in [2.75, 3.05) is 4.90 Å². The molecule has 0 radical (unpaired) electrons. The monoisotopic (exact) mass is 408 g/mol. The average Bonchev–Trinajstić information content (AvgIpc) is 2.83. The van der Waals surface area contributed by atoms with E-state index in [9.17, 15) is 20.2 Å². The third-order valence-electron chi connectivity index (χ3n) is 5.01. The number of nitriles is 1. The molecule has 0 fully saturated rings. The van der Waals surface area contributed by atoms with E-state index in [1.807, 2.05) is 30.3 Å². The maximum atomic E-state index is 12.2. The standard InChI is InChI=1S/C24H16N4O3/c25-14-17-5-1-2-6-21(17)22-13-18(23-7-3-4-12-26-23)15-27(24(22)16-29)19-8-10-20(11-9-19)28(30)31/h1-13,15-16,24H. The Morgan fingerprint density at radius 3 is 2.45 bits per heavy atom. The molecule has 1 unspecified atom stereocenters. The van der Waals surface area contributed by atoms with Gasteiger partial charge in [0.2, 0.25) is 0 Å². The number of hydrogen-bond donors (Lipinski definition) is 0. The average molecular weight is 408 g/mol. The van der Waals surface area contributed by atoms with E-state index in [0.29, 0.717) is 28.1 Å². The zero-order chi connectivity index (χ0) is 21.8. The number of nitro groups is 1. The normalized spacial score (nSPS) is 15.5. The molecular weight excluding hydrogens is 392 g/mol. The molecule has 0 aliphatic carbocycles. The summed E-state index contributed by atoms with van der Waals surface area (Å²) in [5.74, 6) is 0. The third-order valence-corrected chi connectivity index (χ3v) is 5.01. The summed E-state index contributed by atoms with van der Waals surface area (Å²) in [5.41, 5.74) is 3.76. The molecule has 4 rings (SSSR count). The molecule has 2 heterocycles. The minimum atomic E-state index is -0.719. The van der Waals surface area contributed by atoms with Crippen LogP contribution in [-0.2, 0) is 4.79 Å². The van der Waals surface area contributed by atoms with Crippen molar-refractivity contribution in [1.29, 1.82) is 5.26 Å². The first-order valence-electron chi connectivity index (χ1n) is 9.45. The van der Waals surface area contributed by atoms with E-state index < -0.39 is 11.0 Å². The lowest BCUT2D eigenvalue weighted by Crippen LogP contribution is -2.35. The number of pyridine rings is 1. The Bertz CT molecular complexity index is 1240. The number of aldehydes is 1. The molecule has 0 bridgehead atoms. The van der Waals surface area contributed by atoms with E-state index in [1.165, 1.54) is 12.1 Å². The highest BCUT2D eigenvalue weighted by atomic mass is 16.6. The van der Waals surface area contributed by atoms with Crippen LogP contribution in [0.1, 0.15) is 16.8 Å². The quantitative estimate of drug-likeness (QED) is 0.353. The van der Waals surface area contributed by atoms with Crippen LogP contribution in [0, 0.1) is 21.4 Å². The van der Waals surface area contributed by atoms with E-state index in [0.717, 1.165) is 11.9 Å². The summed E-state index contributed by atoms with van der Waals surface area (Å²) in [5, 5.41) is 20.6. The Hall–Kier alpha value is -4.57. The Morgan fingerprint density at radius 1 is 1.06 bits per heavy atom. The molecule has 1 aliphatic rings. The van der Waals surface area contributed by atoms with Gasteiger partial charge in [0.05, 0.1) is 22.2 Å². The van der Waals surface area contributed by atoms with Crippen LogP contribution in [0.4, 0.5) is 11.4 Å². The van der Waals surface area contributed by atoms with Crippen molar-refractivity contribution in [1.82, 2.24) is 4.98 Å². The molecule has 0 saturated carbocycles. The van der Waals surface area contributed by atoms with Crippen LogP contribution in [0.3, 0.4) is 0 Å². The second kappa shape index (κ2) is 8.43. The molecule has 150 valence electrons. The smallest absolute Gasteiger partial charge is 0.269 e. The van der Waals surface area contributed by atoms with Crippen LogP contribution >= 0.6 is 0 Å². The largest absolute Gasteiger partial charge is 0.333 e. The highest BCUT2D eigenvalue weighted by Crippen LogP contribution is 2.36. The van der Waals surface area contributed by atoms with E-state index in [2.05, 4.69) is 11.1 Å². The fourth-order valence-corrected chi connectivity index (χ4v) is 3.53. The second-order valence-corrected chi connectivity index (χ2v) is 6.82. The highest BCUT2D eigenvalue weighted by Gasteiger charge is 2.29. The minimum Gasteiger partial charge on any atom is -0.333 e. The van der Waals surface area contributed by atoms with Crippen LogP contribution in [0.15, 0.2) is 85.2 Å². The molecule has 0 amide bonds. The van der Waals surface area contributed by atoms with Crippen LogP contribution in [-0.4, -0.2) is 22.2 Å². The first-order valence-corrected chi connectivity index (χ1v) is 9.45. The topological polar surface area (TPSA) is 100 Å². The van der Waals surface area contributed by atoms with Gasteiger partial charge in [-0.05, 0) is 47.5 Å². The summed E-state index contributed by atoms with van der Waals surface area (Å²) in [4.78, 5) is 28.9. The lowest BCUT2D eigenvalue weighted by Gasteiger charge is -2.33. The fraction of sp³-hybridized carbons (Fsp3) is 0.0417. The molecule has 7 nitrogen and oxygen atoms in total. The molecule has 2 aromatic carbocycles. The molecule has 7 heteroatoms. The van der Waals surface area contributed by atoms with Gasteiger partial charge in [0.25, 0.3) is 5.69 Å². The van der Waals surface area contributed by atoms with Crippen molar-refractivity contribution >= 4 is 28.8 Å². The number of aromatic nitrogens is 1. The second-order valence-electron chi connectivity index (χ2n) is 6.82. The third kappa shape index (κ3) is 3.82. The molecule has 0 spiro atoms. The predicted octanol–water partition coefficient (Wildman–Crippen LogP) is 4.37. The number of nitro benzene ring substituents is 1. The molecule has 1 aromatic heterocycles.